The molecule has 0 spiro atoms. The predicted octanol–water partition coefficient (Wildman–Crippen LogP) is 5.09. The Balaban J connectivity index is 1.78. The molecule has 2 N–H and O–H groups in total. The van der Waals surface area contributed by atoms with Crippen molar-refractivity contribution in [2.75, 3.05) is 4.72 Å². The molecule has 6 heteroatoms. The molecule has 0 saturated heterocycles. The van der Waals surface area contributed by atoms with E-state index in [4.69, 9.17) is 5.11 Å². The van der Waals surface area contributed by atoms with Crippen molar-refractivity contribution in [1.82, 2.24) is 0 Å². The quantitative estimate of drug-likeness (QED) is 0.528. The third kappa shape index (κ3) is 5.27. The number of anilines is 1. The van der Waals surface area contributed by atoms with Crippen molar-refractivity contribution in [3.8, 4) is 0 Å². The van der Waals surface area contributed by atoms with Crippen LogP contribution in [-0.2, 0) is 22.9 Å². The Kier molecular flexibility index (Phi) is 6.57. The zero-order valence-corrected chi connectivity index (χ0v) is 17.8. The van der Waals surface area contributed by atoms with Gasteiger partial charge in [0.25, 0.3) is 10.0 Å². The Morgan fingerprint density at radius 3 is 2.30 bits per heavy atom. The summed E-state index contributed by atoms with van der Waals surface area (Å²) in [6, 6.07) is 21.0. The molecule has 0 saturated carbocycles. The highest BCUT2D eigenvalue weighted by molar-refractivity contribution is 7.92. The lowest BCUT2D eigenvalue weighted by atomic mass is 10.0. The Morgan fingerprint density at radius 2 is 1.63 bits per heavy atom. The summed E-state index contributed by atoms with van der Waals surface area (Å²) in [6.07, 6.45) is 1.18. The molecule has 0 aliphatic carbocycles. The maximum Gasteiger partial charge on any atom is 0.335 e. The third-order valence-electron chi connectivity index (χ3n) is 4.98. The normalized spacial score (nSPS) is 11.4. The molecule has 0 aliphatic heterocycles. The minimum absolute atomic E-state index is 0.218. The number of carboxylic acids is 1. The Bertz CT molecular complexity index is 1140. The summed E-state index contributed by atoms with van der Waals surface area (Å²) in [7, 11) is -3.71. The van der Waals surface area contributed by atoms with E-state index in [0.29, 0.717) is 24.4 Å². The van der Waals surface area contributed by atoms with E-state index in [1.807, 2.05) is 30.3 Å². The molecular formula is C24H25NO4S. The van der Waals surface area contributed by atoms with Crippen molar-refractivity contribution in [3.05, 3.63) is 95.1 Å². The molecule has 0 bridgehead atoms. The van der Waals surface area contributed by atoms with Gasteiger partial charge in [-0.1, -0.05) is 56.3 Å². The smallest absolute Gasteiger partial charge is 0.335 e. The molecule has 3 aromatic carbocycles. The van der Waals surface area contributed by atoms with Crippen molar-refractivity contribution in [2.45, 2.75) is 37.5 Å². The molecule has 0 atom stereocenters. The third-order valence-corrected chi connectivity index (χ3v) is 6.36. The van der Waals surface area contributed by atoms with Gasteiger partial charge in [0.1, 0.15) is 0 Å². The van der Waals surface area contributed by atoms with Crippen molar-refractivity contribution in [2.24, 2.45) is 0 Å². The lowest BCUT2D eigenvalue weighted by molar-refractivity contribution is 0.0696. The molecule has 3 rings (SSSR count). The number of hydrogen-bond acceptors (Lipinski definition) is 3. The number of aryl methyl sites for hydroxylation is 2. The summed E-state index contributed by atoms with van der Waals surface area (Å²) < 4.78 is 28.4. The maximum absolute atomic E-state index is 12.9. The fourth-order valence-corrected chi connectivity index (χ4v) is 4.31. The molecule has 0 fully saturated rings. The second-order valence-electron chi connectivity index (χ2n) is 7.49. The average Bonchev–Trinajstić information content (AvgIpc) is 2.73. The summed E-state index contributed by atoms with van der Waals surface area (Å²) >= 11 is 0. The SMILES string of the molecule is CC(C)c1ccc(S(=O)(=O)Nc2ccccc2CCc2cccc(C(=O)O)c2)cc1. The number of nitrogens with one attached hydrogen (secondary N) is 1. The summed E-state index contributed by atoms with van der Waals surface area (Å²) in [5.41, 5.74) is 3.58. The molecule has 0 heterocycles. The van der Waals surface area contributed by atoms with E-state index in [1.165, 1.54) is 0 Å². The van der Waals surface area contributed by atoms with Crippen LogP contribution in [0.5, 0.6) is 0 Å². The lowest BCUT2D eigenvalue weighted by Gasteiger charge is -2.14. The summed E-state index contributed by atoms with van der Waals surface area (Å²) in [5.74, 6) is -0.636. The number of sulfonamides is 1. The molecule has 0 unspecified atom stereocenters. The highest BCUT2D eigenvalue weighted by Gasteiger charge is 2.16. The summed E-state index contributed by atoms with van der Waals surface area (Å²) in [5, 5.41) is 9.15. The molecule has 3 aromatic rings. The van der Waals surface area contributed by atoms with Gasteiger partial charge in [-0.05, 0) is 65.8 Å². The van der Waals surface area contributed by atoms with E-state index in [9.17, 15) is 13.2 Å². The van der Waals surface area contributed by atoms with Gasteiger partial charge in [-0.3, -0.25) is 4.72 Å². The highest BCUT2D eigenvalue weighted by atomic mass is 32.2. The van der Waals surface area contributed by atoms with Crippen LogP contribution in [0.15, 0.2) is 77.7 Å². The van der Waals surface area contributed by atoms with Gasteiger partial charge < -0.3 is 5.11 Å². The largest absolute Gasteiger partial charge is 0.478 e. The first-order chi connectivity index (χ1) is 14.3. The van der Waals surface area contributed by atoms with Crippen molar-refractivity contribution in [1.29, 1.82) is 0 Å². The van der Waals surface area contributed by atoms with E-state index in [0.717, 1.165) is 16.7 Å². The summed E-state index contributed by atoms with van der Waals surface area (Å²) in [6.45, 7) is 4.12. The van der Waals surface area contributed by atoms with Crippen LogP contribution in [0.2, 0.25) is 0 Å². The van der Waals surface area contributed by atoms with Crippen molar-refractivity contribution >= 4 is 21.7 Å². The number of para-hydroxylation sites is 1. The zero-order valence-electron chi connectivity index (χ0n) is 17.0. The minimum Gasteiger partial charge on any atom is -0.478 e. The van der Waals surface area contributed by atoms with Crippen LogP contribution in [0.25, 0.3) is 0 Å². The highest BCUT2D eigenvalue weighted by Crippen LogP contribution is 2.23. The molecule has 5 nitrogen and oxygen atoms in total. The standard InChI is InChI=1S/C24H25NO4S/c1-17(2)19-12-14-22(15-13-19)30(28,29)25-23-9-4-3-7-20(23)11-10-18-6-5-8-21(16-18)24(26)27/h3-9,12-17,25H,10-11H2,1-2H3,(H,26,27). The second kappa shape index (κ2) is 9.13. The second-order valence-corrected chi connectivity index (χ2v) is 9.17. The number of benzene rings is 3. The van der Waals surface area contributed by atoms with E-state index in [2.05, 4.69) is 18.6 Å². The van der Waals surface area contributed by atoms with Crippen LogP contribution in [-0.4, -0.2) is 19.5 Å². The zero-order chi connectivity index (χ0) is 21.7. The van der Waals surface area contributed by atoms with Crippen LogP contribution >= 0.6 is 0 Å². The first-order valence-corrected chi connectivity index (χ1v) is 11.3. The lowest BCUT2D eigenvalue weighted by Crippen LogP contribution is -2.14. The van der Waals surface area contributed by atoms with Crippen LogP contribution in [0, 0.1) is 0 Å². The monoisotopic (exact) mass is 423 g/mol. The average molecular weight is 424 g/mol. The molecule has 156 valence electrons. The van der Waals surface area contributed by atoms with Gasteiger partial charge in [0.15, 0.2) is 0 Å². The molecule has 0 radical (unpaired) electrons. The maximum atomic E-state index is 12.9. The molecule has 30 heavy (non-hydrogen) atoms. The molecule has 0 aliphatic rings. The number of rotatable bonds is 8. The van der Waals surface area contributed by atoms with Gasteiger partial charge in [0, 0.05) is 0 Å². The minimum atomic E-state index is -3.71. The number of carboxylic acid groups (broad SMARTS) is 1. The summed E-state index contributed by atoms with van der Waals surface area (Å²) in [4.78, 5) is 11.4. The van der Waals surface area contributed by atoms with Crippen LogP contribution in [0.4, 0.5) is 5.69 Å². The van der Waals surface area contributed by atoms with Crippen molar-refractivity contribution in [3.63, 3.8) is 0 Å². The van der Waals surface area contributed by atoms with Gasteiger partial charge in [-0.15, -0.1) is 0 Å². The Labute approximate surface area is 177 Å². The van der Waals surface area contributed by atoms with Gasteiger partial charge in [0.2, 0.25) is 0 Å². The molecule has 0 aromatic heterocycles. The molecular weight excluding hydrogens is 398 g/mol. The predicted molar refractivity (Wildman–Crippen MR) is 119 cm³/mol. The number of carbonyl (C=O) groups is 1. The number of aromatic carboxylic acids is 1. The van der Waals surface area contributed by atoms with Gasteiger partial charge >= 0.3 is 5.97 Å². The topological polar surface area (TPSA) is 83.5 Å². The van der Waals surface area contributed by atoms with Crippen LogP contribution < -0.4 is 4.72 Å². The molecule has 0 amide bonds. The first kappa shape index (κ1) is 21.6. The van der Waals surface area contributed by atoms with Crippen LogP contribution in [0.1, 0.15) is 46.8 Å². The van der Waals surface area contributed by atoms with E-state index >= 15 is 0 Å². The van der Waals surface area contributed by atoms with Crippen molar-refractivity contribution < 1.29 is 18.3 Å². The Morgan fingerprint density at radius 1 is 0.933 bits per heavy atom. The number of hydrogen-bond donors (Lipinski definition) is 2. The van der Waals surface area contributed by atoms with Crippen LogP contribution in [0.3, 0.4) is 0 Å². The van der Waals surface area contributed by atoms with Gasteiger partial charge in [0.05, 0.1) is 16.1 Å². The van der Waals surface area contributed by atoms with Gasteiger partial charge in [-0.2, -0.15) is 0 Å². The van der Waals surface area contributed by atoms with Gasteiger partial charge in [-0.25, -0.2) is 13.2 Å². The van der Waals surface area contributed by atoms with E-state index in [-0.39, 0.29) is 10.5 Å². The van der Waals surface area contributed by atoms with E-state index < -0.39 is 16.0 Å². The van der Waals surface area contributed by atoms with E-state index in [1.54, 1.807) is 42.5 Å². The Hall–Kier alpha value is -3.12. The first-order valence-electron chi connectivity index (χ1n) is 9.79. The fourth-order valence-electron chi connectivity index (χ4n) is 3.21. The fraction of sp³-hybridized carbons (Fsp3) is 0.208.